The van der Waals surface area contributed by atoms with Crippen LogP contribution in [0.4, 0.5) is 5.69 Å². The monoisotopic (exact) mass is 858 g/mol. The molecule has 2 fully saturated rings. The number of aromatic nitrogens is 1. The van der Waals surface area contributed by atoms with Gasteiger partial charge in [0.05, 0.1) is 27.4 Å². The van der Waals surface area contributed by atoms with Crippen LogP contribution in [0.1, 0.15) is 94.7 Å². The number of anilines is 1. The van der Waals surface area contributed by atoms with Gasteiger partial charge in [-0.2, -0.15) is 0 Å². The third kappa shape index (κ3) is 6.23. The van der Waals surface area contributed by atoms with Gasteiger partial charge < -0.3 is 33.9 Å². The normalized spacial score (nSPS) is 31.6. The molecule has 5 aliphatic heterocycles. The van der Waals surface area contributed by atoms with E-state index < -0.39 is 52.4 Å². The molecule has 12 nitrogen and oxygen atoms in total. The maximum Gasteiger partial charge on any atom is 0.344 e. The van der Waals surface area contributed by atoms with E-state index in [1.807, 2.05) is 24.1 Å². The second-order valence-electron chi connectivity index (χ2n) is 19.2. The van der Waals surface area contributed by atoms with Gasteiger partial charge >= 0.3 is 17.9 Å². The van der Waals surface area contributed by atoms with Crippen LogP contribution in [0.5, 0.6) is 5.75 Å². The van der Waals surface area contributed by atoms with E-state index in [1.54, 1.807) is 7.11 Å². The van der Waals surface area contributed by atoms with Crippen molar-refractivity contribution in [2.24, 2.45) is 17.8 Å². The number of hydrogen-bond donors (Lipinski definition) is 2. The number of ether oxygens (including phenoxy) is 4. The number of benzene rings is 2. The highest BCUT2D eigenvalue weighted by Crippen LogP contribution is 2.65. The molecule has 2 unspecified atom stereocenters. The number of hydrogen-bond acceptors (Lipinski definition) is 11. The first-order valence-corrected chi connectivity index (χ1v) is 22.7. The van der Waals surface area contributed by atoms with Crippen molar-refractivity contribution in [2.45, 2.75) is 108 Å². The number of rotatable bonds is 8. The number of carbonyl (C=O) groups excluding carboxylic acids is 3. The van der Waals surface area contributed by atoms with Crippen LogP contribution in [0, 0.1) is 29.6 Å². The number of esters is 3. The van der Waals surface area contributed by atoms with Crippen LogP contribution in [0.3, 0.4) is 0 Å². The van der Waals surface area contributed by atoms with Crippen molar-refractivity contribution in [2.75, 3.05) is 59.5 Å². The van der Waals surface area contributed by atoms with E-state index in [4.69, 9.17) is 18.9 Å². The Morgan fingerprint density at radius 2 is 1.79 bits per heavy atom. The third-order valence-electron chi connectivity index (χ3n) is 15.4. The van der Waals surface area contributed by atoms with Crippen LogP contribution in [0.15, 0.2) is 53.6 Å². The summed E-state index contributed by atoms with van der Waals surface area (Å²) in [6, 6.07) is 9.23. The first-order valence-electron chi connectivity index (χ1n) is 22.7. The molecule has 63 heavy (non-hydrogen) atoms. The third-order valence-corrected chi connectivity index (χ3v) is 15.4. The molecule has 12 heteroatoms. The molecule has 0 amide bonds. The van der Waals surface area contributed by atoms with Crippen LogP contribution in [0.25, 0.3) is 10.9 Å². The number of likely N-dealkylation sites (N-methyl/N-ethyl adjacent to an activating group) is 1. The fourth-order valence-corrected chi connectivity index (χ4v) is 13.1. The fraction of sp³-hybridized carbons (Fsp3) is 0.549. The van der Waals surface area contributed by atoms with Crippen molar-refractivity contribution < 1.29 is 38.4 Å². The Balaban J connectivity index is 1.34. The minimum Gasteiger partial charge on any atom is -0.496 e. The van der Waals surface area contributed by atoms with Crippen LogP contribution in [0.2, 0.25) is 0 Å². The summed E-state index contributed by atoms with van der Waals surface area (Å²) in [6.45, 7) is 13.5. The Hall–Kier alpha value is -5.09. The number of aromatic amines is 1. The molecule has 6 heterocycles. The SMILES string of the molecule is CCC1=C[C@H]2CN(C1)Cc1c([nH]c3ccc(C#CCC(C)C)cc13)[C@@](C(=O)OC)(c1cc3c(cc1OC)N(C)[C@H]1[C@@](O)(C(=O)OC)[C@H](OC(C)=O)C4C(CC)=CCN5CC[C@]31[C@H]45)C2. The number of fused-ring (bicyclic) bond motifs is 6. The Kier molecular flexibility index (Phi) is 10.9. The molecule has 6 aliphatic rings. The van der Waals surface area contributed by atoms with Crippen molar-refractivity contribution in [3.63, 3.8) is 0 Å². The van der Waals surface area contributed by atoms with Crippen molar-refractivity contribution >= 4 is 34.5 Å². The predicted molar refractivity (Wildman–Crippen MR) is 240 cm³/mol. The van der Waals surface area contributed by atoms with Gasteiger partial charge in [-0.15, -0.1) is 0 Å². The molecule has 1 aromatic heterocycles. The molecule has 2 N–H and O–H groups in total. The Morgan fingerprint density at radius 1 is 1.02 bits per heavy atom. The van der Waals surface area contributed by atoms with Gasteiger partial charge in [-0.3, -0.25) is 19.4 Å². The summed E-state index contributed by atoms with van der Waals surface area (Å²) in [5.41, 5.74) is 3.79. The van der Waals surface area contributed by atoms with Gasteiger partial charge in [0, 0.05) is 103 Å². The number of aliphatic hydroxyl groups is 1. The fourth-order valence-electron chi connectivity index (χ4n) is 13.1. The summed E-state index contributed by atoms with van der Waals surface area (Å²) >= 11 is 0. The van der Waals surface area contributed by atoms with Gasteiger partial charge in [0.25, 0.3) is 0 Å². The highest BCUT2D eigenvalue weighted by Gasteiger charge is 2.77. The summed E-state index contributed by atoms with van der Waals surface area (Å²) < 4.78 is 24.0. The lowest BCUT2D eigenvalue weighted by molar-refractivity contribution is -0.212. The molecule has 9 atom stereocenters. The molecule has 2 bridgehead atoms. The lowest BCUT2D eigenvalue weighted by atomic mass is 9.52. The van der Waals surface area contributed by atoms with Crippen molar-refractivity contribution in [3.8, 4) is 17.6 Å². The summed E-state index contributed by atoms with van der Waals surface area (Å²) in [5, 5.41) is 14.3. The zero-order valence-corrected chi connectivity index (χ0v) is 38.2. The molecule has 334 valence electrons. The van der Waals surface area contributed by atoms with Gasteiger partial charge in [-0.05, 0) is 79.5 Å². The highest BCUT2D eigenvalue weighted by molar-refractivity contribution is 5.95. The molecule has 9 rings (SSSR count). The highest BCUT2D eigenvalue weighted by atomic mass is 16.6. The predicted octanol–water partition coefficient (Wildman–Crippen LogP) is 6.15. The molecule has 1 aliphatic carbocycles. The number of nitrogens with one attached hydrogen (secondary N) is 1. The summed E-state index contributed by atoms with van der Waals surface area (Å²) in [5.74, 6) is 5.35. The van der Waals surface area contributed by atoms with E-state index in [9.17, 15) is 14.7 Å². The van der Waals surface area contributed by atoms with Gasteiger partial charge in [-0.25, -0.2) is 4.79 Å². The number of H-pyrrole nitrogens is 1. The van der Waals surface area contributed by atoms with E-state index in [0.29, 0.717) is 56.1 Å². The van der Waals surface area contributed by atoms with Gasteiger partial charge in [0.2, 0.25) is 5.60 Å². The van der Waals surface area contributed by atoms with Crippen LogP contribution in [-0.2, 0) is 46.0 Å². The smallest absolute Gasteiger partial charge is 0.344 e. The first kappa shape index (κ1) is 43.2. The summed E-state index contributed by atoms with van der Waals surface area (Å²) in [4.78, 5) is 53.5. The summed E-state index contributed by atoms with van der Waals surface area (Å²) in [6.07, 6.45) is 6.65. The van der Waals surface area contributed by atoms with E-state index in [-0.39, 0.29) is 12.0 Å². The second kappa shape index (κ2) is 15.9. The Labute approximate surface area is 370 Å². The zero-order chi connectivity index (χ0) is 44.7. The largest absolute Gasteiger partial charge is 0.496 e. The lowest BCUT2D eigenvalue weighted by Crippen LogP contribution is -2.78. The van der Waals surface area contributed by atoms with Crippen LogP contribution < -0.4 is 9.64 Å². The number of methoxy groups -OCH3 is 3. The van der Waals surface area contributed by atoms with Gasteiger partial charge in [0.15, 0.2) is 6.10 Å². The van der Waals surface area contributed by atoms with Gasteiger partial charge in [0.1, 0.15) is 11.2 Å². The minimum absolute atomic E-state index is 0.00176. The molecule has 1 spiro atoms. The number of carbonyl (C=O) groups is 3. The van der Waals surface area contributed by atoms with Crippen molar-refractivity contribution in [1.82, 2.24) is 14.8 Å². The maximum atomic E-state index is 15.4. The zero-order valence-electron chi connectivity index (χ0n) is 38.2. The van der Waals surface area contributed by atoms with Crippen molar-refractivity contribution in [1.29, 1.82) is 0 Å². The standard InChI is InChI=1S/C51H62N4O8/c1-10-31-21-33-25-50(47(57)61-8,43-36(28-54(26-31)27-33)35-22-32(14-12-13-29(3)4)15-16-39(35)52-43)38-23-37-40(24-41(38)60-7)53(6)46-49(37)18-20-55-19-17-34(11-2)42(44(49)55)45(63-30(5)56)51(46,59)48(58)62-9/h15-17,21-24,29,33,42,44-46,52,59H,10-11,13,18-20,25-28H2,1-9H3/t33-,42?,44+,45-,46-,49-,50+,51-/m1/s1. The lowest BCUT2D eigenvalue weighted by Gasteiger charge is -2.59. The average Bonchev–Trinajstić information content (AvgIpc) is 3.91. The second-order valence-corrected chi connectivity index (χ2v) is 19.2. The molecule has 0 radical (unpaired) electrons. The van der Waals surface area contributed by atoms with Crippen molar-refractivity contribution in [3.05, 3.63) is 81.6 Å². The summed E-state index contributed by atoms with van der Waals surface area (Å²) in [7, 11) is 6.24. The van der Waals surface area contributed by atoms with Crippen LogP contribution >= 0.6 is 0 Å². The molecule has 2 aromatic carbocycles. The maximum absolute atomic E-state index is 15.4. The molecular formula is C51H62N4O8. The van der Waals surface area contributed by atoms with Crippen LogP contribution in [-0.4, -0.2) is 116 Å². The molecule has 3 aromatic rings. The number of nitrogens with zero attached hydrogens (tertiary/aromatic N) is 3. The average molecular weight is 859 g/mol. The van der Waals surface area contributed by atoms with E-state index in [2.05, 4.69) is 84.7 Å². The topological polar surface area (TPSA) is 134 Å². The van der Waals surface area contributed by atoms with Gasteiger partial charge in [-0.1, -0.05) is 62.8 Å². The Bertz CT molecular complexity index is 2510. The Morgan fingerprint density at radius 3 is 2.48 bits per heavy atom. The molecular weight excluding hydrogens is 797 g/mol. The minimum atomic E-state index is -2.27. The molecule has 1 saturated carbocycles. The quantitative estimate of drug-likeness (QED) is 0.117. The first-order chi connectivity index (χ1) is 30.2. The van der Waals surface area contributed by atoms with E-state index in [1.165, 1.54) is 26.7 Å². The molecule has 1 saturated heterocycles. The van der Waals surface area contributed by atoms with E-state index >= 15 is 4.79 Å². The van der Waals surface area contributed by atoms with E-state index in [0.717, 1.165) is 70.5 Å².